The Morgan fingerprint density at radius 1 is 1.40 bits per heavy atom. The first-order chi connectivity index (χ1) is 7.17. The van der Waals surface area contributed by atoms with Gasteiger partial charge in [-0.15, -0.1) is 11.6 Å². The van der Waals surface area contributed by atoms with E-state index in [0.717, 1.165) is 11.1 Å². The summed E-state index contributed by atoms with van der Waals surface area (Å²) < 4.78 is 4.54. The molecule has 4 heteroatoms. The van der Waals surface area contributed by atoms with E-state index < -0.39 is 12.0 Å². The maximum absolute atomic E-state index is 11.1. The predicted molar refractivity (Wildman–Crippen MR) is 59.7 cm³/mol. The van der Waals surface area contributed by atoms with Crippen LogP contribution in [0.25, 0.3) is 0 Å². The van der Waals surface area contributed by atoms with Gasteiger partial charge in [0.15, 0.2) is 0 Å². The van der Waals surface area contributed by atoms with Crippen LogP contribution in [-0.2, 0) is 21.8 Å². The maximum Gasteiger partial charge on any atom is 0.322 e. The quantitative estimate of drug-likeness (QED) is 0.626. The first kappa shape index (κ1) is 12.0. The predicted octanol–water partition coefficient (Wildman–Crippen LogP) is 1.47. The van der Waals surface area contributed by atoms with Crippen LogP contribution in [0.1, 0.15) is 11.1 Å². The molecule has 3 nitrogen and oxygen atoms in total. The van der Waals surface area contributed by atoms with E-state index in [4.69, 9.17) is 17.3 Å². The lowest BCUT2D eigenvalue weighted by atomic mass is 10.1. The second-order valence-corrected chi connectivity index (χ2v) is 3.55. The molecule has 0 saturated carbocycles. The Bertz CT molecular complexity index is 324. The number of carbonyl (C=O) groups is 1. The first-order valence-electron chi connectivity index (χ1n) is 4.64. The van der Waals surface area contributed by atoms with Gasteiger partial charge in [-0.05, 0) is 17.5 Å². The summed E-state index contributed by atoms with van der Waals surface area (Å²) >= 11 is 5.66. The fraction of sp³-hybridized carbons (Fsp3) is 0.364. The average molecular weight is 228 g/mol. The van der Waals surface area contributed by atoms with E-state index in [-0.39, 0.29) is 0 Å². The van der Waals surface area contributed by atoms with Gasteiger partial charge in [0.1, 0.15) is 6.04 Å². The van der Waals surface area contributed by atoms with E-state index in [9.17, 15) is 4.79 Å². The number of alkyl halides is 1. The smallest absolute Gasteiger partial charge is 0.322 e. The van der Waals surface area contributed by atoms with Crippen molar-refractivity contribution < 1.29 is 9.53 Å². The van der Waals surface area contributed by atoms with Gasteiger partial charge in [0.05, 0.1) is 7.11 Å². The molecule has 0 fully saturated rings. The van der Waals surface area contributed by atoms with E-state index in [1.165, 1.54) is 7.11 Å². The van der Waals surface area contributed by atoms with Crippen molar-refractivity contribution in [2.24, 2.45) is 5.73 Å². The lowest BCUT2D eigenvalue weighted by Crippen LogP contribution is -2.33. The number of methoxy groups -OCH3 is 1. The van der Waals surface area contributed by atoms with Crippen LogP contribution in [0.3, 0.4) is 0 Å². The topological polar surface area (TPSA) is 52.3 Å². The van der Waals surface area contributed by atoms with Crippen LogP contribution in [0.2, 0.25) is 0 Å². The van der Waals surface area contributed by atoms with Crippen LogP contribution >= 0.6 is 11.6 Å². The lowest BCUT2D eigenvalue weighted by molar-refractivity contribution is -0.142. The molecular formula is C11H14ClNO2. The molecule has 1 atom stereocenters. The van der Waals surface area contributed by atoms with Crippen molar-refractivity contribution >= 4 is 17.6 Å². The Hall–Kier alpha value is -1.06. The summed E-state index contributed by atoms with van der Waals surface area (Å²) in [6, 6.07) is 7.08. The van der Waals surface area contributed by atoms with Gasteiger partial charge in [0, 0.05) is 5.88 Å². The van der Waals surface area contributed by atoms with Gasteiger partial charge < -0.3 is 10.5 Å². The minimum absolute atomic E-state index is 0.392. The Morgan fingerprint density at radius 3 is 2.40 bits per heavy atom. The van der Waals surface area contributed by atoms with Crippen molar-refractivity contribution in [3.05, 3.63) is 35.4 Å². The highest BCUT2D eigenvalue weighted by atomic mass is 35.5. The van der Waals surface area contributed by atoms with Crippen LogP contribution in [0.5, 0.6) is 0 Å². The molecule has 0 aliphatic carbocycles. The van der Waals surface area contributed by atoms with E-state index in [0.29, 0.717) is 12.3 Å². The van der Waals surface area contributed by atoms with Crippen molar-refractivity contribution in [3.63, 3.8) is 0 Å². The molecule has 0 aliphatic heterocycles. The number of ether oxygens (including phenoxy) is 1. The Balaban J connectivity index is 2.60. The molecule has 1 rings (SSSR count). The Morgan fingerprint density at radius 2 is 1.93 bits per heavy atom. The van der Waals surface area contributed by atoms with Crippen molar-refractivity contribution in [3.8, 4) is 0 Å². The molecule has 0 aliphatic rings. The third-order valence-corrected chi connectivity index (χ3v) is 2.45. The number of esters is 1. The number of hydrogen-bond donors (Lipinski definition) is 1. The fourth-order valence-corrected chi connectivity index (χ4v) is 1.43. The molecule has 1 aromatic carbocycles. The largest absolute Gasteiger partial charge is 0.468 e. The van der Waals surface area contributed by atoms with Gasteiger partial charge >= 0.3 is 5.97 Å². The van der Waals surface area contributed by atoms with E-state index in [1.807, 2.05) is 24.3 Å². The molecule has 0 bridgehead atoms. The number of rotatable bonds is 4. The first-order valence-corrected chi connectivity index (χ1v) is 5.18. The van der Waals surface area contributed by atoms with E-state index in [2.05, 4.69) is 4.74 Å². The zero-order valence-electron chi connectivity index (χ0n) is 8.57. The number of hydrogen-bond acceptors (Lipinski definition) is 3. The number of carbonyl (C=O) groups excluding carboxylic acids is 1. The Kier molecular flexibility index (Phi) is 4.59. The van der Waals surface area contributed by atoms with Gasteiger partial charge in [-0.3, -0.25) is 4.79 Å². The molecule has 1 aromatic rings. The molecule has 0 amide bonds. The van der Waals surface area contributed by atoms with Gasteiger partial charge in [-0.2, -0.15) is 0 Å². The maximum atomic E-state index is 11.1. The number of nitrogens with two attached hydrogens (primary N) is 1. The van der Waals surface area contributed by atoms with Crippen LogP contribution in [0.15, 0.2) is 24.3 Å². The summed E-state index contributed by atoms with van der Waals surface area (Å²) in [7, 11) is 1.33. The molecule has 0 saturated heterocycles. The normalized spacial score (nSPS) is 12.2. The standard InChI is InChI=1S/C11H14ClNO2/c1-15-11(14)10(13)6-8-2-4-9(7-12)5-3-8/h2-5,10H,6-7,13H2,1H3. The Labute approximate surface area is 94.2 Å². The van der Waals surface area contributed by atoms with Crippen molar-refractivity contribution in [2.75, 3.05) is 7.11 Å². The van der Waals surface area contributed by atoms with Crippen molar-refractivity contribution in [1.29, 1.82) is 0 Å². The molecule has 15 heavy (non-hydrogen) atoms. The highest BCUT2D eigenvalue weighted by Gasteiger charge is 2.13. The molecule has 0 aromatic heterocycles. The molecule has 1 unspecified atom stereocenters. The second-order valence-electron chi connectivity index (χ2n) is 3.28. The van der Waals surface area contributed by atoms with Gasteiger partial charge in [-0.25, -0.2) is 0 Å². The summed E-state index contributed by atoms with van der Waals surface area (Å²) in [6.45, 7) is 0. The molecule has 0 heterocycles. The number of benzene rings is 1. The average Bonchev–Trinajstić information content (AvgIpc) is 2.29. The molecular weight excluding hydrogens is 214 g/mol. The fourth-order valence-electron chi connectivity index (χ4n) is 1.25. The molecule has 0 radical (unpaired) electrons. The van der Waals surface area contributed by atoms with Crippen molar-refractivity contribution in [2.45, 2.75) is 18.3 Å². The lowest BCUT2D eigenvalue weighted by Gasteiger charge is -2.09. The zero-order valence-corrected chi connectivity index (χ0v) is 9.33. The molecule has 82 valence electrons. The van der Waals surface area contributed by atoms with Gasteiger partial charge in [-0.1, -0.05) is 24.3 Å². The molecule has 2 N–H and O–H groups in total. The minimum atomic E-state index is -0.600. The third kappa shape index (κ3) is 3.53. The summed E-state index contributed by atoms with van der Waals surface area (Å²) in [6.07, 6.45) is 0.481. The SMILES string of the molecule is COC(=O)C(N)Cc1ccc(CCl)cc1. The van der Waals surface area contributed by atoms with Crippen LogP contribution in [0.4, 0.5) is 0 Å². The minimum Gasteiger partial charge on any atom is -0.468 e. The summed E-state index contributed by atoms with van der Waals surface area (Å²) in [5.74, 6) is 0.0972. The van der Waals surface area contributed by atoms with E-state index in [1.54, 1.807) is 0 Å². The van der Waals surface area contributed by atoms with Gasteiger partial charge in [0.25, 0.3) is 0 Å². The monoisotopic (exact) mass is 227 g/mol. The zero-order chi connectivity index (χ0) is 11.3. The second kappa shape index (κ2) is 5.73. The summed E-state index contributed by atoms with van der Waals surface area (Å²) in [4.78, 5) is 11.1. The third-order valence-electron chi connectivity index (χ3n) is 2.14. The van der Waals surface area contributed by atoms with E-state index >= 15 is 0 Å². The van der Waals surface area contributed by atoms with Crippen LogP contribution < -0.4 is 5.73 Å². The highest BCUT2D eigenvalue weighted by molar-refractivity contribution is 6.17. The van der Waals surface area contributed by atoms with Crippen LogP contribution in [-0.4, -0.2) is 19.1 Å². The summed E-state index contributed by atoms with van der Waals surface area (Å²) in [5, 5.41) is 0. The molecule has 0 spiro atoms. The van der Waals surface area contributed by atoms with Gasteiger partial charge in [0.2, 0.25) is 0 Å². The van der Waals surface area contributed by atoms with Crippen LogP contribution in [0, 0.1) is 0 Å². The van der Waals surface area contributed by atoms with Crippen molar-refractivity contribution in [1.82, 2.24) is 0 Å². The highest BCUT2D eigenvalue weighted by Crippen LogP contribution is 2.08. The number of halogens is 1. The summed E-state index contributed by atoms with van der Waals surface area (Å²) in [5.41, 5.74) is 7.68.